The second-order valence-corrected chi connectivity index (χ2v) is 5.72. The van der Waals surface area contributed by atoms with Gasteiger partial charge in [0.05, 0.1) is 7.11 Å². The molecule has 1 amide bonds. The lowest BCUT2D eigenvalue weighted by molar-refractivity contribution is -0.608. The van der Waals surface area contributed by atoms with Crippen LogP contribution >= 0.6 is 0 Å². The van der Waals surface area contributed by atoms with Gasteiger partial charge >= 0.3 is 5.91 Å². The Balaban J connectivity index is 1.80. The summed E-state index contributed by atoms with van der Waals surface area (Å²) in [6.07, 6.45) is 3.99. The van der Waals surface area contributed by atoms with Gasteiger partial charge < -0.3 is 14.8 Å². The number of carbonyl (C=O) groups excluding carboxylic acids is 1. The average Bonchev–Trinajstić information content (AvgIpc) is 3.03. The standard InChI is InChI=1S/C18H20N2O3/c1-23-17-10-3-2-7-14(17)13-15-8-6-11-19(15)18(21)16-9-4-5-12-20(16)22/h2-5,7,9-10,12,15H,6,8,11,13H2,1H3. The molecule has 5 heteroatoms. The molecule has 1 aromatic carbocycles. The number of carbonyl (C=O) groups is 1. The van der Waals surface area contributed by atoms with Crippen LogP contribution in [0.2, 0.25) is 0 Å². The number of rotatable bonds is 4. The number of likely N-dealkylation sites (tertiary alicyclic amines) is 1. The predicted octanol–water partition coefficient (Wildman–Crippen LogP) is 2.18. The van der Waals surface area contributed by atoms with Crippen molar-refractivity contribution in [1.82, 2.24) is 4.90 Å². The Morgan fingerprint density at radius 2 is 2.09 bits per heavy atom. The number of pyridine rings is 1. The van der Waals surface area contributed by atoms with Gasteiger partial charge in [0.1, 0.15) is 5.75 Å². The van der Waals surface area contributed by atoms with Gasteiger partial charge in [0.2, 0.25) is 0 Å². The molecule has 120 valence electrons. The Morgan fingerprint density at radius 3 is 2.87 bits per heavy atom. The van der Waals surface area contributed by atoms with E-state index in [-0.39, 0.29) is 17.6 Å². The molecule has 5 nitrogen and oxygen atoms in total. The van der Waals surface area contributed by atoms with E-state index in [1.54, 1.807) is 25.3 Å². The maximum Gasteiger partial charge on any atom is 0.320 e. The number of para-hydroxylation sites is 1. The van der Waals surface area contributed by atoms with Crippen molar-refractivity contribution in [3.63, 3.8) is 0 Å². The predicted molar refractivity (Wildman–Crippen MR) is 86.2 cm³/mol. The Labute approximate surface area is 135 Å². The van der Waals surface area contributed by atoms with Crippen LogP contribution in [-0.2, 0) is 6.42 Å². The number of hydrogen-bond donors (Lipinski definition) is 0. The summed E-state index contributed by atoms with van der Waals surface area (Å²) >= 11 is 0. The highest BCUT2D eigenvalue weighted by atomic mass is 16.5. The molecule has 1 fully saturated rings. The Morgan fingerprint density at radius 1 is 1.30 bits per heavy atom. The molecule has 3 rings (SSSR count). The highest BCUT2D eigenvalue weighted by molar-refractivity contribution is 5.91. The topological polar surface area (TPSA) is 56.5 Å². The highest BCUT2D eigenvalue weighted by Gasteiger charge is 2.33. The van der Waals surface area contributed by atoms with Crippen molar-refractivity contribution >= 4 is 5.91 Å². The maximum absolute atomic E-state index is 12.7. The van der Waals surface area contributed by atoms with Crippen molar-refractivity contribution in [3.8, 4) is 5.75 Å². The van der Waals surface area contributed by atoms with Crippen molar-refractivity contribution in [2.24, 2.45) is 0 Å². The lowest BCUT2D eigenvalue weighted by Gasteiger charge is -2.24. The monoisotopic (exact) mass is 312 g/mol. The number of ether oxygens (including phenoxy) is 1. The molecule has 1 saturated heterocycles. The van der Waals surface area contributed by atoms with E-state index < -0.39 is 0 Å². The third-order valence-electron chi connectivity index (χ3n) is 4.33. The number of amides is 1. The molecule has 0 spiro atoms. The number of nitrogens with zero attached hydrogens (tertiary/aromatic N) is 2. The van der Waals surface area contributed by atoms with Gasteiger partial charge in [-0.25, -0.2) is 0 Å². The van der Waals surface area contributed by atoms with Crippen LogP contribution in [0.15, 0.2) is 48.7 Å². The third kappa shape index (κ3) is 3.13. The molecule has 2 heterocycles. The van der Waals surface area contributed by atoms with Crippen LogP contribution in [0.1, 0.15) is 28.9 Å². The fourth-order valence-corrected chi connectivity index (χ4v) is 3.18. The minimum absolute atomic E-state index is 0.0963. The molecule has 2 aromatic rings. The van der Waals surface area contributed by atoms with Gasteiger partial charge in [-0.15, -0.1) is 0 Å². The number of methoxy groups -OCH3 is 1. The first-order valence-electron chi connectivity index (χ1n) is 7.81. The molecule has 0 aliphatic carbocycles. The van der Waals surface area contributed by atoms with E-state index in [1.165, 1.54) is 6.20 Å². The van der Waals surface area contributed by atoms with Gasteiger partial charge in [0, 0.05) is 24.7 Å². The van der Waals surface area contributed by atoms with Crippen LogP contribution in [0.3, 0.4) is 0 Å². The molecule has 0 radical (unpaired) electrons. The van der Waals surface area contributed by atoms with Crippen molar-refractivity contribution in [1.29, 1.82) is 0 Å². The molecule has 23 heavy (non-hydrogen) atoms. The Hall–Kier alpha value is -2.56. The molecular weight excluding hydrogens is 292 g/mol. The van der Waals surface area contributed by atoms with Crippen LogP contribution < -0.4 is 9.47 Å². The molecular formula is C18H20N2O3. The summed E-state index contributed by atoms with van der Waals surface area (Å²) in [5, 5.41) is 11.8. The van der Waals surface area contributed by atoms with E-state index >= 15 is 0 Å². The molecule has 0 saturated carbocycles. The number of aromatic nitrogens is 1. The molecule has 1 aliphatic heterocycles. The summed E-state index contributed by atoms with van der Waals surface area (Å²) in [6.45, 7) is 0.688. The van der Waals surface area contributed by atoms with Crippen molar-refractivity contribution in [3.05, 3.63) is 65.1 Å². The summed E-state index contributed by atoms with van der Waals surface area (Å²) < 4.78 is 6.04. The van der Waals surface area contributed by atoms with Crippen LogP contribution in [0.25, 0.3) is 0 Å². The van der Waals surface area contributed by atoms with E-state index in [1.807, 2.05) is 29.2 Å². The molecule has 1 unspecified atom stereocenters. The first-order valence-corrected chi connectivity index (χ1v) is 7.81. The molecule has 1 atom stereocenters. The molecule has 0 N–H and O–H groups in total. The van der Waals surface area contributed by atoms with Crippen molar-refractivity contribution in [2.75, 3.05) is 13.7 Å². The third-order valence-corrected chi connectivity index (χ3v) is 4.33. The first kappa shape index (κ1) is 15.3. The van der Waals surface area contributed by atoms with Crippen LogP contribution in [0.4, 0.5) is 0 Å². The zero-order chi connectivity index (χ0) is 16.2. The van der Waals surface area contributed by atoms with E-state index in [0.29, 0.717) is 11.3 Å². The van der Waals surface area contributed by atoms with Crippen LogP contribution in [0.5, 0.6) is 5.75 Å². The van der Waals surface area contributed by atoms with Gasteiger partial charge in [-0.3, -0.25) is 4.79 Å². The molecule has 1 aliphatic rings. The van der Waals surface area contributed by atoms with E-state index in [4.69, 9.17) is 4.74 Å². The van der Waals surface area contributed by atoms with Crippen LogP contribution in [-0.4, -0.2) is 30.5 Å². The van der Waals surface area contributed by atoms with Crippen molar-refractivity contribution < 1.29 is 14.3 Å². The summed E-state index contributed by atoms with van der Waals surface area (Å²) in [6, 6.07) is 12.9. The zero-order valence-corrected chi connectivity index (χ0v) is 13.1. The smallest absolute Gasteiger partial charge is 0.320 e. The lowest BCUT2D eigenvalue weighted by Crippen LogP contribution is -2.44. The molecule has 1 aromatic heterocycles. The summed E-state index contributed by atoms with van der Waals surface area (Å²) in [4.78, 5) is 14.5. The van der Waals surface area contributed by atoms with E-state index in [2.05, 4.69) is 0 Å². The maximum atomic E-state index is 12.7. The fraction of sp³-hybridized carbons (Fsp3) is 0.333. The van der Waals surface area contributed by atoms with E-state index in [9.17, 15) is 10.0 Å². The van der Waals surface area contributed by atoms with E-state index in [0.717, 1.165) is 30.6 Å². The minimum atomic E-state index is -0.196. The molecule has 0 bridgehead atoms. The second kappa shape index (κ2) is 6.69. The Kier molecular flexibility index (Phi) is 4.46. The zero-order valence-electron chi connectivity index (χ0n) is 13.1. The van der Waals surface area contributed by atoms with Gasteiger partial charge in [0.25, 0.3) is 5.69 Å². The van der Waals surface area contributed by atoms with Gasteiger partial charge in [-0.1, -0.05) is 18.2 Å². The Bertz CT molecular complexity index is 702. The van der Waals surface area contributed by atoms with Crippen LogP contribution in [0, 0.1) is 5.21 Å². The highest BCUT2D eigenvalue weighted by Crippen LogP contribution is 2.26. The quantitative estimate of drug-likeness (QED) is 0.642. The summed E-state index contributed by atoms with van der Waals surface area (Å²) in [7, 11) is 1.65. The largest absolute Gasteiger partial charge is 0.618 e. The SMILES string of the molecule is COc1ccccc1CC1CCCN1C(=O)c1cccc[n+]1[O-]. The summed E-state index contributed by atoms with van der Waals surface area (Å²) in [5.74, 6) is 0.642. The number of benzene rings is 1. The lowest BCUT2D eigenvalue weighted by atomic mass is 10.0. The normalized spacial score (nSPS) is 17.3. The second-order valence-electron chi connectivity index (χ2n) is 5.72. The average molecular weight is 312 g/mol. The minimum Gasteiger partial charge on any atom is -0.618 e. The fourth-order valence-electron chi connectivity index (χ4n) is 3.18. The number of hydrogen-bond acceptors (Lipinski definition) is 3. The van der Waals surface area contributed by atoms with Gasteiger partial charge in [0.15, 0.2) is 6.20 Å². The van der Waals surface area contributed by atoms with Crippen molar-refractivity contribution in [2.45, 2.75) is 25.3 Å². The van der Waals surface area contributed by atoms with Gasteiger partial charge in [-0.05, 0) is 37.0 Å². The summed E-state index contributed by atoms with van der Waals surface area (Å²) in [5.41, 5.74) is 1.27. The first-order chi connectivity index (χ1) is 11.2. The van der Waals surface area contributed by atoms with Gasteiger partial charge in [-0.2, -0.15) is 4.73 Å².